The Morgan fingerprint density at radius 2 is 2.16 bits per heavy atom. The zero-order valence-electron chi connectivity index (χ0n) is 14.3. The summed E-state index contributed by atoms with van der Waals surface area (Å²) in [7, 11) is 0. The molecule has 7 heteroatoms. The maximum atomic E-state index is 13.2. The van der Waals surface area contributed by atoms with Crippen molar-refractivity contribution in [3.05, 3.63) is 47.5 Å². The van der Waals surface area contributed by atoms with E-state index in [4.69, 9.17) is 0 Å². The molecular formula is C18H23FN4O2. The van der Waals surface area contributed by atoms with Crippen LogP contribution >= 0.6 is 0 Å². The van der Waals surface area contributed by atoms with Gasteiger partial charge in [-0.05, 0) is 43.9 Å². The molecular weight excluding hydrogens is 323 g/mol. The molecule has 25 heavy (non-hydrogen) atoms. The van der Waals surface area contributed by atoms with Gasteiger partial charge in [-0.2, -0.15) is 0 Å². The van der Waals surface area contributed by atoms with Crippen molar-refractivity contribution in [2.45, 2.75) is 44.8 Å². The van der Waals surface area contributed by atoms with E-state index in [9.17, 15) is 14.3 Å². The molecule has 2 aromatic rings. The number of hydrogen-bond acceptors (Lipinski definition) is 4. The van der Waals surface area contributed by atoms with Gasteiger partial charge in [0, 0.05) is 19.5 Å². The third-order valence-corrected chi connectivity index (χ3v) is 4.66. The number of aromatic nitrogens is 3. The highest BCUT2D eigenvalue weighted by Gasteiger charge is 2.24. The first-order valence-corrected chi connectivity index (χ1v) is 8.65. The smallest absolute Gasteiger partial charge is 0.222 e. The summed E-state index contributed by atoms with van der Waals surface area (Å²) in [6.07, 6.45) is 3.72. The standard InChI is InChI=1S/C18H23FN4O2/c1-13(24)17-12-23(21-20-17)16-7-9-22(10-8-16)18(25)6-5-14-3-2-4-15(19)11-14/h2-4,11-13,16,24H,5-10H2,1H3/t13-/m1/s1. The van der Waals surface area contributed by atoms with E-state index in [0.29, 0.717) is 31.6 Å². The fraction of sp³-hybridized carbons (Fsp3) is 0.500. The Kier molecular flexibility index (Phi) is 5.43. The van der Waals surface area contributed by atoms with Crippen molar-refractivity contribution in [2.24, 2.45) is 0 Å². The molecule has 0 aliphatic carbocycles. The van der Waals surface area contributed by atoms with E-state index in [0.717, 1.165) is 18.4 Å². The van der Waals surface area contributed by atoms with Gasteiger partial charge in [0.1, 0.15) is 11.5 Å². The first-order chi connectivity index (χ1) is 12.0. The number of rotatable bonds is 5. The van der Waals surface area contributed by atoms with Gasteiger partial charge < -0.3 is 10.0 Å². The van der Waals surface area contributed by atoms with E-state index in [1.807, 2.05) is 11.0 Å². The van der Waals surface area contributed by atoms with Crippen molar-refractivity contribution in [1.82, 2.24) is 19.9 Å². The Hall–Kier alpha value is -2.28. The summed E-state index contributed by atoms with van der Waals surface area (Å²) in [6.45, 7) is 3.02. The fourth-order valence-electron chi connectivity index (χ4n) is 3.14. The number of nitrogens with zero attached hydrogens (tertiary/aromatic N) is 4. The van der Waals surface area contributed by atoms with Gasteiger partial charge in [-0.15, -0.1) is 5.10 Å². The second kappa shape index (κ2) is 7.74. The number of carbonyl (C=O) groups excluding carboxylic acids is 1. The van der Waals surface area contributed by atoms with Crippen LogP contribution in [0.25, 0.3) is 0 Å². The van der Waals surface area contributed by atoms with Crippen LogP contribution in [0.4, 0.5) is 4.39 Å². The zero-order chi connectivity index (χ0) is 17.8. The van der Waals surface area contributed by atoms with E-state index >= 15 is 0 Å². The minimum absolute atomic E-state index is 0.103. The van der Waals surface area contributed by atoms with Crippen LogP contribution in [0.2, 0.25) is 0 Å². The maximum Gasteiger partial charge on any atom is 0.222 e. The third-order valence-electron chi connectivity index (χ3n) is 4.66. The number of piperidine rings is 1. The minimum atomic E-state index is -0.627. The molecule has 6 nitrogen and oxygen atoms in total. The van der Waals surface area contributed by atoms with Gasteiger partial charge in [0.15, 0.2) is 0 Å². The zero-order valence-corrected chi connectivity index (χ0v) is 14.3. The van der Waals surface area contributed by atoms with Gasteiger partial charge >= 0.3 is 0 Å². The highest BCUT2D eigenvalue weighted by atomic mass is 19.1. The van der Waals surface area contributed by atoms with E-state index < -0.39 is 6.10 Å². The average Bonchev–Trinajstić information content (AvgIpc) is 3.10. The molecule has 1 aliphatic rings. The molecule has 1 aliphatic heterocycles. The highest BCUT2D eigenvalue weighted by Crippen LogP contribution is 2.23. The summed E-state index contributed by atoms with van der Waals surface area (Å²) in [5.74, 6) is -0.166. The summed E-state index contributed by atoms with van der Waals surface area (Å²) >= 11 is 0. The topological polar surface area (TPSA) is 71.2 Å². The van der Waals surface area contributed by atoms with Crippen LogP contribution in [0.5, 0.6) is 0 Å². The largest absolute Gasteiger partial charge is 0.387 e. The van der Waals surface area contributed by atoms with Crippen molar-refractivity contribution in [3.8, 4) is 0 Å². The summed E-state index contributed by atoms with van der Waals surface area (Å²) < 4.78 is 15.0. The lowest BCUT2D eigenvalue weighted by Crippen LogP contribution is -2.39. The van der Waals surface area contributed by atoms with Crippen molar-refractivity contribution < 1.29 is 14.3 Å². The Morgan fingerprint density at radius 1 is 1.40 bits per heavy atom. The van der Waals surface area contributed by atoms with Crippen molar-refractivity contribution in [2.75, 3.05) is 13.1 Å². The van der Waals surface area contributed by atoms with E-state index in [2.05, 4.69) is 10.3 Å². The Morgan fingerprint density at radius 3 is 2.80 bits per heavy atom. The average molecular weight is 346 g/mol. The van der Waals surface area contributed by atoms with Crippen LogP contribution in [0.15, 0.2) is 30.5 Å². The lowest BCUT2D eigenvalue weighted by Gasteiger charge is -2.32. The van der Waals surface area contributed by atoms with Gasteiger partial charge in [0.2, 0.25) is 5.91 Å². The van der Waals surface area contributed by atoms with Gasteiger partial charge in [0.05, 0.1) is 18.3 Å². The highest BCUT2D eigenvalue weighted by molar-refractivity contribution is 5.76. The SMILES string of the molecule is C[C@@H](O)c1cn(C2CCN(C(=O)CCc3cccc(F)c3)CC2)nn1. The van der Waals surface area contributed by atoms with Crippen LogP contribution in [0.1, 0.15) is 49.6 Å². The molecule has 2 heterocycles. The molecule has 1 fully saturated rings. The van der Waals surface area contributed by atoms with Gasteiger partial charge in [-0.1, -0.05) is 17.3 Å². The summed E-state index contributed by atoms with van der Waals surface area (Å²) in [5, 5.41) is 17.6. The predicted octanol–water partition coefficient (Wildman–Crippen LogP) is 2.27. The number of carbonyl (C=O) groups is 1. The lowest BCUT2D eigenvalue weighted by molar-refractivity contribution is -0.132. The molecule has 3 rings (SSSR count). The Balaban J connectivity index is 1.48. The quantitative estimate of drug-likeness (QED) is 0.901. The molecule has 1 N–H and O–H groups in total. The Labute approximate surface area is 146 Å². The molecule has 1 atom stereocenters. The molecule has 0 saturated carbocycles. The molecule has 0 spiro atoms. The van der Waals surface area contributed by atoms with Crippen LogP contribution < -0.4 is 0 Å². The number of halogens is 1. The first kappa shape index (κ1) is 17.5. The maximum absolute atomic E-state index is 13.2. The van der Waals surface area contributed by atoms with E-state index in [-0.39, 0.29) is 17.8 Å². The van der Waals surface area contributed by atoms with Crippen LogP contribution in [-0.4, -0.2) is 44.0 Å². The number of likely N-dealkylation sites (tertiary alicyclic amines) is 1. The molecule has 1 aromatic heterocycles. The summed E-state index contributed by atoms with van der Waals surface area (Å²) in [6, 6.07) is 6.59. The molecule has 0 unspecified atom stereocenters. The minimum Gasteiger partial charge on any atom is -0.387 e. The fourth-order valence-corrected chi connectivity index (χ4v) is 3.14. The third kappa shape index (κ3) is 4.42. The number of aryl methyl sites for hydroxylation is 1. The van der Waals surface area contributed by atoms with Crippen LogP contribution in [0.3, 0.4) is 0 Å². The molecule has 1 saturated heterocycles. The van der Waals surface area contributed by atoms with Crippen LogP contribution in [-0.2, 0) is 11.2 Å². The number of hydrogen-bond donors (Lipinski definition) is 1. The summed E-state index contributed by atoms with van der Waals surface area (Å²) in [5.41, 5.74) is 1.41. The number of aliphatic hydroxyl groups is 1. The summed E-state index contributed by atoms with van der Waals surface area (Å²) in [4.78, 5) is 14.2. The second-order valence-electron chi connectivity index (χ2n) is 6.54. The predicted molar refractivity (Wildman–Crippen MR) is 90.2 cm³/mol. The number of aliphatic hydroxyl groups excluding tert-OH is 1. The van der Waals surface area contributed by atoms with Crippen molar-refractivity contribution in [1.29, 1.82) is 0 Å². The molecule has 1 amide bonds. The van der Waals surface area contributed by atoms with Crippen LogP contribution in [0, 0.1) is 5.82 Å². The Bertz CT molecular complexity index is 723. The molecule has 0 bridgehead atoms. The molecule has 1 aromatic carbocycles. The van der Waals surface area contributed by atoms with E-state index in [1.54, 1.807) is 23.9 Å². The first-order valence-electron chi connectivity index (χ1n) is 8.65. The van der Waals surface area contributed by atoms with Gasteiger partial charge in [-0.3, -0.25) is 4.79 Å². The normalized spacial score (nSPS) is 16.8. The lowest BCUT2D eigenvalue weighted by atomic mass is 10.0. The van der Waals surface area contributed by atoms with Gasteiger partial charge in [-0.25, -0.2) is 9.07 Å². The second-order valence-corrected chi connectivity index (χ2v) is 6.54. The number of amides is 1. The van der Waals surface area contributed by atoms with Gasteiger partial charge in [0.25, 0.3) is 0 Å². The number of benzene rings is 1. The van der Waals surface area contributed by atoms with E-state index in [1.165, 1.54) is 12.1 Å². The van der Waals surface area contributed by atoms with Crippen molar-refractivity contribution >= 4 is 5.91 Å². The monoisotopic (exact) mass is 346 g/mol. The van der Waals surface area contributed by atoms with Crippen molar-refractivity contribution in [3.63, 3.8) is 0 Å². The molecule has 134 valence electrons. The molecule has 0 radical (unpaired) electrons.